The molecule has 0 saturated carbocycles. The molecule has 0 aromatic heterocycles. The Labute approximate surface area is 773 Å². The van der Waals surface area contributed by atoms with Crippen LogP contribution in [0.15, 0.2) is 340 Å². The summed E-state index contributed by atoms with van der Waals surface area (Å²) < 4.78 is 24.9. The Kier molecular flexibility index (Phi) is 33.2. The van der Waals surface area contributed by atoms with E-state index in [1.54, 1.807) is 19.6 Å². The van der Waals surface area contributed by atoms with Gasteiger partial charge in [0.25, 0.3) is 0 Å². The summed E-state index contributed by atoms with van der Waals surface area (Å²) in [5.41, 5.74) is 20.6. The highest BCUT2D eigenvalue weighted by Gasteiger charge is 2.30. The fraction of sp³-hybridized carbons (Fsp3) is 0.214. The third kappa shape index (κ3) is 27.5. The zero-order valence-corrected chi connectivity index (χ0v) is 74.3. The van der Waals surface area contributed by atoms with Crippen LogP contribution in [0.4, 0.5) is 0 Å². The number of quaternary nitrogens is 4. The van der Waals surface area contributed by atoms with Crippen LogP contribution in [0, 0.1) is 0 Å². The third-order valence-electron chi connectivity index (χ3n) is 24.5. The van der Waals surface area contributed by atoms with E-state index in [-0.39, 0.29) is 0 Å². The van der Waals surface area contributed by atoms with Crippen molar-refractivity contribution in [3.63, 3.8) is 0 Å². The number of aliphatic carboxylic acids is 4. The van der Waals surface area contributed by atoms with Crippen LogP contribution in [0.3, 0.4) is 0 Å². The zero-order valence-electron chi connectivity index (χ0n) is 74.3. The molecule has 12 aromatic rings. The molecule has 0 aliphatic carbocycles. The summed E-state index contributed by atoms with van der Waals surface area (Å²) in [5, 5.41) is 37.7. The van der Waals surface area contributed by atoms with Gasteiger partial charge in [0.2, 0.25) is 0 Å². The maximum atomic E-state index is 9.41. The molecule has 132 heavy (non-hydrogen) atoms. The summed E-state index contributed by atoms with van der Waals surface area (Å²) in [6.45, 7) is 26.9. The van der Waals surface area contributed by atoms with Crippen LogP contribution < -0.4 is 59.0 Å². The van der Waals surface area contributed by atoms with Crippen molar-refractivity contribution in [2.24, 2.45) is 0 Å². The van der Waals surface area contributed by atoms with Crippen molar-refractivity contribution < 1.29 is 78.2 Å². The number of carboxylic acids is 4. The number of nitrogens with one attached hydrogen (secondary N) is 4. The van der Waals surface area contributed by atoms with E-state index in [4.69, 9.17) is 18.9 Å². The second kappa shape index (κ2) is 47.4. The zero-order chi connectivity index (χ0) is 91.0. The molecule has 0 unspecified atom stereocenters. The first kappa shape index (κ1) is 92.6. The average Bonchev–Trinajstić information content (AvgIpc) is 1.68. The predicted octanol–water partition coefficient (Wildman–Crippen LogP) is 9.02. The Bertz CT molecular complexity index is 5300. The number of rotatable bonds is 20. The molecule has 12 aromatic carbocycles. The van der Waals surface area contributed by atoms with E-state index < -0.39 is 23.9 Å². The summed E-state index contributed by atoms with van der Waals surface area (Å²) in [4.78, 5) is 54.7. The van der Waals surface area contributed by atoms with Crippen LogP contribution in [0.5, 0.6) is 46.0 Å². The molecular weight excluding hydrogens is 1650 g/mol. The van der Waals surface area contributed by atoms with Crippen molar-refractivity contribution in [1.29, 1.82) is 0 Å². The summed E-state index contributed by atoms with van der Waals surface area (Å²) in [6, 6.07) is 110. The third-order valence-corrected chi connectivity index (χ3v) is 24.5. The van der Waals surface area contributed by atoms with Crippen molar-refractivity contribution in [3.8, 4) is 46.0 Å². The quantitative estimate of drug-likeness (QED) is 0.0522. The minimum absolute atomic E-state index is 0.384. The Morgan fingerprint density at radius 3 is 0.583 bits per heavy atom. The number of hydrogen-bond acceptors (Lipinski definition) is 16. The highest BCUT2D eigenvalue weighted by Crippen LogP contribution is 2.43. The molecule has 20 rings (SSSR count). The highest BCUT2D eigenvalue weighted by atomic mass is 16.5. The molecule has 672 valence electrons. The van der Waals surface area contributed by atoms with Gasteiger partial charge in [0, 0.05) is 145 Å². The van der Waals surface area contributed by atoms with Gasteiger partial charge in [-0.2, -0.15) is 0 Å². The van der Waals surface area contributed by atoms with Crippen LogP contribution in [-0.2, 0) is 45.4 Å². The van der Waals surface area contributed by atoms with Gasteiger partial charge in [-0.05, 0) is 119 Å². The summed E-state index contributed by atoms with van der Waals surface area (Å²) in [5.74, 6) is 1.38. The Balaban J connectivity index is 0.000000127. The van der Waals surface area contributed by atoms with Crippen molar-refractivity contribution in [2.75, 3.05) is 131 Å². The van der Waals surface area contributed by atoms with Gasteiger partial charge in [-0.1, -0.05) is 267 Å². The van der Waals surface area contributed by atoms with Crippen molar-refractivity contribution in [2.45, 2.75) is 26.2 Å². The van der Waals surface area contributed by atoms with Gasteiger partial charge >= 0.3 is 0 Å². The molecule has 0 bridgehead atoms. The number of para-hydroxylation sites is 8. The SMILES string of the molecule is C1=C(CN2CC[NH+](Cc3ccccc3)CC2)c2ccccc2Oc2ccccc21.C1=C(CN2CC[NH+](Cc3ccccc3)CC2)c2ccccc2Oc2ccccc21.C1=C(CN2CC[NH+](Cc3ccccc3)CC2)c2ccccc2Oc2ccccc21.C1=C(CN2CC[NH+](Cc3ccccc3)CC2)c2ccccc2Oc2ccccc21.O=C([O-])/C=C\C(=O)[O-].O=C([O-])/C=C\C(=O)[O-]. The van der Waals surface area contributed by atoms with E-state index in [9.17, 15) is 39.6 Å². The lowest BCUT2D eigenvalue weighted by Gasteiger charge is -2.32. The fourth-order valence-corrected chi connectivity index (χ4v) is 17.7. The Morgan fingerprint density at radius 1 is 0.227 bits per heavy atom. The van der Waals surface area contributed by atoms with E-state index in [0.717, 1.165) is 173 Å². The minimum Gasteiger partial charge on any atom is -0.545 e. The molecule has 4 fully saturated rings. The molecule has 20 nitrogen and oxygen atoms in total. The predicted molar refractivity (Wildman–Crippen MR) is 511 cm³/mol. The number of benzene rings is 12. The van der Waals surface area contributed by atoms with Gasteiger partial charge in [-0.15, -0.1) is 0 Å². The van der Waals surface area contributed by atoms with Gasteiger partial charge in [0.05, 0.1) is 76.2 Å². The maximum Gasteiger partial charge on any atom is 0.135 e. The van der Waals surface area contributed by atoms with Crippen LogP contribution >= 0.6 is 0 Å². The smallest absolute Gasteiger partial charge is 0.135 e. The molecule has 0 radical (unpaired) electrons. The average molecular weight is 1760 g/mol. The number of carboxylic acid groups (broad SMARTS) is 4. The first-order chi connectivity index (χ1) is 64.6. The fourth-order valence-electron chi connectivity index (χ4n) is 17.7. The normalized spacial score (nSPS) is 16.0. The molecule has 0 atom stereocenters. The van der Waals surface area contributed by atoms with Gasteiger partial charge in [0.1, 0.15) is 72.2 Å². The topological polar surface area (TPSA) is 228 Å². The van der Waals surface area contributed by atoms with E-state index in [0.29, 0.717) is 24.3 Å². The van der Waals surface area contributed by atoms with E-state index in [1.165, 1.54) is 119 Å². The van der Waals surface area contributed by atoms with Crippen LogP contribution in [-0.4, -0.2) is 174 Å². The monoisotopic (exact) mass is 1760 g/mol. The summed E-state index contributed by atoms with van der Waals surface area (Å²) in [7, 11) is 0. The number of piperazine rings is 4. The molecule has 0 amide bonds. The largest absolute Gasteiger partial charge is 0.545 e. The molecule has 8 heterocycles. The van der Waals surface area contributed by atoms with Gasteiger partial charge in [0.15, 0.2) is 0 Å². The van der Waals surface area contributed by atoms with Crippen LogP contribution in [0.25, 0.3) is 46.6 Å². The highest BCUT2D eigenvalue weighted by molar-refractivity contribution is 5.92. The second-order valence-corrected chi connectivity index (χ2v) is 33.9. The lowest BCUT2D eigenvalue weighted by atomic mass is 10.0. The minimum atomic E-state index is -1.55. The Hall–Kier alpha value is -14.2. The van der Waals surface area contributed by atoms with Crippen LogP contribution in [0.1, 0.15) is 66.8 Å². The molecular formula is C112H112N8O12. The summed E-state index contributed by atoms with van der Waals surface area (Å²) >= 11 is 0. The van der Waals surface area contributed by atoms with Crippen molar-refractivity contribution in [1.82, 2.24) is 19.6 Å². The van der Waals surface area contributed by atoms with Crippen molar-refractivity contribution >= 4 is 70.5 Å². The van der Waals surface area contributed by atoms with E-state index >= 15 is 0 Å². The number of carbonyl (C=O) groups excluding carboxylic acids is 4. The number of ether oxygens (including phenoxy) is 4. The Morgan fingerprint density at radius 2 is 0.394 bits per heavy atom. The van der Waals surface area contributed by atoms with Crippen molar-refractivity contribution in [3.05, 3.63) is 407 Å². The number of carbonyl (C=O) groups is 4. The number of fused-ring (bicyclic) bond motifs is 8. The number of hydrogen-bond donors (Lipinski definition) is 4. The maximum absolute atomic E-state index is 9.41. The van der Waals surface area contributed by atoms with E-state index in [1.807, 2.05) is 24.3 Å². The molecule has 4 N–H and O–H groups in total. The lowest BCUT2D eigenvalue weighted by molar-refractivity contribution is -0.918. The van der Waals surface area contributed by atoms with Crippen LogP contribution in [0.2, 0.25) is 0 Å². The number of nitrogens with zero attached hydrogens (tertiary/aromatic N) is 4. The van der Waals surface area contributed by atoms with Gasteiger partial charge in [-0.3, -0.25) is 19.6 Å². The molecule has 8 aliphatic rings. The second-order valence-electron chi connectivity index (χ2n) is 33.9. The molecule has 4 saturated heterocycles. The summed E-state index contributed by atoms with van der Waals surface area (Å²) in [6.07, 6.45) is 10.8. The van der Waals surface area contributed by atoms with E-state index in [2.05, 4.69) is 335 Å². The molecule has 20 heteroatoms. The first-order valence-electron chi connectivity index (χ1n) is 45.5. The van der Waals surface area contributed by atoms with Gasteiger partial charge < -0.3 is 78.2 Å². The molecule has 0 spiro atoms. The van der Waals surface area contributed by atoms with Gasteiger partial charge in [-0.25, -0.2) is 0 Å². The standard InChI is InChI=1S/4C26H26N2O.2C4H4O4/c4*1-2-8-21(9-3-1)19-27-14-16-28(17-15-27)20-23-18-22-10-4-6-12-25(22)29-26-13-7-5-11-24(23)26;2*5-3(6)1-2-4(7)8/h4*1-13,18H,14-17,19-20H2;2*1-2H,(H,5,6)(H,7,8)/b;;;;2*2-1-. The molecule has 8 aliphatic heterocycles. The first-order valence-corrected chi connectivity index (χ1v) is 45.5. The lowest BCUT2D eigenvalue weighted by Crippen LogP contribution is -3.13.